The van der Waals surface area contributed by atoms with Gasteiger partial charge in [-0.15, -0.1) is 10.2 Å². The number of fused-ring (bicyclic) bond motifs is 1. The topological polar surface area (TPSA) is 113 Å². The van der Waals surface area contributed by atoms with E-state index in [1.54, 1.807) is 25.1 Å². The number of amides is 2. The molecule has 3 rings (SSSR count). The van der Waals surface area contributed by atoms with Crippen molar-refractivity contribution in [2.24, 2.45) is 0 Å². The van der Waals surface area contributed by atoms with E-state index in [9.17, 15) is 9.59 Å². The van der Waals surface area contributed by atoms with Crippen molar-refractivity contribution in [2.75, 3.05) is 5.32 Å². The Morgan fingerprint density at radius 2 is 2.30 bits per heavy atom. The maximum atomic E-state index is 12.1. The summed E-state index contributed by atoms with van der Waals surface area (Å²) in [5, 5.41) is 18.9. The largest absolute Gasteiger partial charge is 0.342 e. The summed E-state index contributed by atoms with van der Waals surface area (Å²) in [7, 11) is 0. The summed E-state index contributed by atoms with van der Waals surface area (Å²) in [5.41, 5.74) is 2.09. The lowest BCUT2D eigenvalue weighted by Crippen LogP contribution is -2.27. The summed E-state index contributed by atoms with van der Waals surface area (Å²) in [6.07, 6.45) is 0.302. The first-order valence-electron chi connectivity index (χ1n) is 6.10. The van der Waals surface area contributed by atoms with Gasteiger partial charge < -0.3 is 10.6 Å². The Morgan fingerprint density at radius 1 is 1.45 bits per heavy atom. The number of aromatic nitrogens is 4. The van der Waals surface area contributed by atoms with E-state index < -0.39 is 0 Å². The summed E-state index contributed by atoms with van der Waals surface area (Å²) < 4.78 is 0. The molecule has 3 N–H and O–H groups in total. The molecular formula is C12H12N6O2. The van der Waals surface area contributed by atoms with Crippen LogP contribution in [0.25, 0.3) is 0 Å². The third-order valence-electron chi connectivity index (χ3n) is 3.09. The molecular weight excluding hydrogens is 260 g/mol. The molecule has 0 saturated carbocycles. The van der Waals surface area contributed by atoms with Gasteiger partial charge in [-0.25, -0.2) is 0 Å². The highest BCUT2D eigenvalue weighted by Crippen LogP contribution is 2.24. The number of tetrazole rings is 1. The van der Waals surface area contributed by atoms with Gasteiger partial charge in [-0.3, -0.25) is 9.59 Å². The van der Waals surface area contributed by atoms with Crippen molar-refractivity contribution in [1.29, 1.82) is 0 Å². The standard InChI is InChI=1S/C12H12N6O2/c1-6(11-15-17-18-16-11)13-12(20)7-2-3-9-8(4-7)5-10(19)14-9/h2-4,6H,5H2,1H3,(H,13,20)(H,14,19)(H,15,16,17,18). The van der Waals surface area contributed by atoms with E-state index in [4.69, 9.17) is 0 Å². The summed E-state index contributed by atoms with van der Waals surface area (Å²) in [4.78, 5) is 23.4. The maximum absolute atomic E-state index is 12.1. The molecule has 0 aliphatic carbocycles. The minimum atomic E-state index is -0.353. The molecule has 1 unspecified atom stereocenters. The Kier molecular flexibility index (Phi) is 2.90. The van der Waals surface area contributed by atoms with E-state index in [0.717, 1.165) is 11.3 Å². The number of rotatable bonds is 3. The number of carbonyl (C=O) groups is 2. The van der Waals surface area contributed by atoms with Crippen molar-refractivity contribution in [3.05, 3.63) is 35.2 Å². The fourth-order valence-electron chi connectivity index (χ4n) is 2.07. The van der Waals surface area contributed by atoms with Gasteiger partial charge in [0.2, 0.25) is 5.91 Å². The van der Waals surface area contributed by atoms with Crippen molar-refractivity contribution >= 4 is 17.5 Å². The molecule has 102 valence electrons. The summed E-state index contributed by atoms with van der Waals surface area (Å²) in [6.45, 7) is 1.77. The molecule has 8 nitrogen and oxygen atoms in total. The lowest BCUT2D eigenvalue weighted by molar-refractivity contribution is -0.115. The quantitative estimate of drug-likeness (QED) is 0.738. The third-order valence-corrected chi connectivity index (χ3v) is 3.09. The van der Waals surface area contributed by atoms with Crippen molar-refractivity contribution in [1.82, 2.24) is 25.9 Å². The monoisotopic (exact) mass is 272 g/mol. The predicted octanol–water partition coefficient (Wildman–Crippen LogP) is 0.185. The van der Waals surface area contributed by atoms with E-state index in [1.165, 1.54) is 0 Å². The predicted molar refractivity (Wildman–Crippen MR) is 68.8 cm³/mol. The zero-order valence-electron chi connectivity index (χ0n) is 10.7. The molecule has 20 heavy (non-hydrogen) atoms. The lowest BCUT2D eigenvalue weighted by atomic mass is 10.1. The van der Waals surface area contributed by atoms with Crippen LogP contribution in [0.4, 0.5) is 5.69 Å². The Bertz CT molecular complexity index is 667. The molecule has 2 amide bonds. The molecule has 1 aromatic heterocycles. The van der Waals surface area contributed by atoms with E-state index in [1.807, 2.05) is 0 Å². The van der Waals surface area contributed by atoms with Gasteiger partial charge in [0.15, 0.2) is 5.82 Å². The molecule has 1 aromatic carbocycles. The van der Waals surface area contributed by atoms with Crippen LogP contribution >= 0.6 is 0 Å². The molecule has 1 aliphatic heterocycles. The summed E-state index contributed by atoms with van der Waals surface area (Å²) >= 11 is 0. The second-order valence-electron chi connectivity index (χ2n) is 4.56. The van der Waals surface area contributed by atoms with Crippen molar-refractivity contribution < 1.29 is 9.59 Å². The van der Waals surface area contributed by atoms with Crippen LogP contribution in [0.3, 0.4) is 0 Å². The first-order valence-corrected chi connectivity index (χ1v) is 6.10. The van der Waals surface area contributed by atoms with Crippen LogP contribution in [0.5, 0.6) is 0 Å². The molecule has 0 bridgehead atoms. The van der Waals surface area contributed by atoms with E-state index >= 15 is 0 Å². The first kappa shape index (κ1) is 12.3. The van der Waals surface area contributed by atoms with Crippen LogP contribution < -0.4 is 10.6 Å². The van der Waals surface area contributed by atoms with Crippen LogP contribution in [0.15, 0.2) is 18.2 Å². The van der Waals surface area contributed by atoms with Crippen molar-refractivity contribution in [3.63, 3.8) is 0 Å². The molecule has 2 aromatic rings. The Labute approximate surface area is 114 Å². The van der Waals surface area contributed by atoms with Crippen LogP contribution in [-0.2, 0) is 11.2 Å². The first-order chi connectivity index (χ1) is 9.63. The molecule has 1 atom stereocenters. The minimum Gasteiger partial charge on any atom is -0.342 e. The maximum Gasteiger partial charge on any atom is 0.251 e. The second kappa shape index (κ2) is 4.72. The number of hydrogen-bond acceptors (Lipinski definition) is 5. The zero-order valence-corrected chi connectivity index (χ0v) is 10.7. The van der Waals surface area contributed by atoms with Gasteiger partial charge in [-0.1, -0.05) is 5.21 Å². The number of benzene rings is 1. The molecule has 0 fully saturated rings. The summed E-state index contributed by atoms with van der Waals surface area (Å²) in [6, 6.07) is 4.76. The van der Waals surface area contributed by atoms with Gasteiger partial charge >= 0.3 is 0 Å². The SMILES string of the molecule is CC(NC(=O)c1ccc2c(c1)CC(=O)N2)c1nn[nH]n1. The molecule has 8 heteroatoms. The van der Waals surface area contributed by atoms with Gasteiger partial charge in [-0.05, 0) is 30.7 Å². The van der Waals surface area contributed by atoms with Crippen molar-refractivity contribution in [3.8, 4) is 0 Å². The average Bonchev–Trinajstić information content (AvgIpc) is 3.05. The fourth-order valence-corrected chi connectivity index (χ4v) is 2.07. The zero-order chi connectivity index (χ0) is 14.1. The minimum absolute atomic E-state index is 0.0577. The highest BCUT2D eigenvalue weighted by molar-refractivity contribution is 6.01. The molecule has 0 radical (unpaired) electrons. The Balaban J connectivity index is 1.75. The van der Waals surface area contributed by atoms with Gasteiger partial charge in [0.05, 0.1) is 12.5 Å². The fraction of sp³-hybridized carbons (Fsp3) is 0.250. The lowest BCUT2D eigenvalue weighted by Gasteiger charge is -2.10. The molecule has 2 heterocycles. The van der Waals surface area contributed by atoms with E-state index in [0.29, 0.717) is 17.8 Å². The number of nitrogens with one attached hydrogen (secondary N) is 3. The second-order valence-corrected chi connectivity index (χ2v) is 4.56. The van der Waals surface area contributed by atoms with E-state index in [2.05, 4.69) is 31.3 Å². The highest BCUT2D eigenvalue weighted by Gasteiger charge is 2.20. The van der Waals surface area contributed by atoms with Crippen LogP contribution in [0, 0.1) is 0 Å². The Morgan fingerprint density at radius 3 is 3.05 bits per heavy atom. The van der Waals surface area contributed by atoms with Crippen LogP contribution in [0.2, 0.25) is 0 Å². The number of hydrogen-bond donors (Lipinski definition) is 3. The Hall–Kier alpha value is -2.77. The number of aromatic amines is 1. The molecule has 1 aliphatic rings. The third kappa shape index (κ3) is 2.22. The van der Waals surface area contributed by atoms with Crippen LogP contribution in [0.1, 0.15) is 34.7 Å². The number of nitrogens with zero attached hydrogens (tertiary/aromatic N) is 3. The molecule has 0 saturated heterocycles. The van der Waals surface area contributed by atoms with E-state index in [-0.39, 0.29) is 17.9 Å². The van der Waals surface area contributed by atoms with Crippen molar-refractivity contribution in [2.45, 2.75) is 19.4 Å². The number of H-pyrrole nitrogens is 1. The van der Waals surface area contributed by atoms with Gasteiger partial charge in [0.1, 0.15) is 0 Å². The van der Waals surface area contributed by atoms with Gasteiger partial charge in [-0.2, -0.15) is 5.21 Å². The smallest absolute Gasteiger partial charge is 0.251 e. The number of anilines is 1. The van der Waals surface area contributed by atoms with Gasteiger partial charge in [0, 0.05) is 11.3 Å². The highest BCUT2D eigenvalue weighted by atomic mass is 16.2. The van der Waals surface area contributed by atoms with Gasteiger partial charge in [0.25, 0.3) is 5.91 Å². The summed E-state index contributed by atoms with van der Waals surface area (Å²) in [5.74, 6) is 0.110. The average molecular weight is 272 g/mol. The molecule has 0 spiro atoms. The van der Waals surface area contributed by atoms with Crippen LogP contribution in [-0.4, -0.2) is 32.4 Å². The normalized spacial score (nSPS) is 14.6. The number of carbonyl (C=O) groups excluding carboxylic acids is 2.